The van der Waals surface area contributed by atoms with Gasteiger partial charge in [-0.05, 0) is 43.0 Å². The van der Waals surface area contributed by atoms with Crippen LogP contribution in [0.4, 0.5) is 5.69 Å². The quantitative estimate of drug-likeness (QED) is 0.849. The first-order chi connectivity index (χ1) is 9.22. The summed E-state index contributed by atoms with van der Waals surface area (Å²) < 4.78 is 6.63. The number of nitrogens with zero attached hydrogens (tertiary/aromatic N) is 3. The van der Waals surface area contributed by atoms with Gasteiger partial charge in [-0.2, -0.15) is 0 Å². The SMILES string of the molecule is Cc1nnc(CN2CCCCc3cc(Br)ccc32)o1. The smallest absolute Gasteiger partial charge is 0.235 e. The van der Waals surface area contributed by atoms with Gasteiger partial charge >= 0.3 is 0 Å². The molecule has 0 amide bonds. The molecule has 0 atom stereocenters. The average molecular weight is 322 g/mol. The Morgan fingerprint density at radius 2 is 2.21 bits per heavy atom. The van der Waals surface area contributed by atoms with Gasteiger partial charge in [-0.1, -0.05) is 15.9 Å². The van der Waals surface area contributed by atoms with E-state index in [0.717, 1.165) is 17.4 Å². The lowest BCUT2D eigenvalue weighted by Crippen LogP contribution is -2.23. The van der Waals surface area contributed by atoms with Crippen LogP contribution in [0.25, 0.3) is 0 Å². The lowest BCUT2D eigenvalue weighted by atomic mass is 10.1. The summed E-state index contributed by atoms with van der Waals surface area (Å²) in [6.45, 7) is 3.55. The molecule has 0 radical (unpaired) electrons. The zero-order valence-corrected chi connectivity index (χ0v) is 12.5. The minimum atomic E-state index is 0.626. The first kappa shape index (κ1) is 12.7. The number of hydrogen-bond donors (Lipinski definition) is 0. The first-order valence-corrected chi connectivity index (χ1v) is 7.34. The summed E-state index contributed by atoms with van der Waals surface area (Å²) in [7, 11) is 0. The highest BCUT2D eigenvalue weighted by atomic mass is 79.9. The number of aryl methyl sites for hydroxylation is 2. The minimum Gasteiger partial charge on any atom is -0.424 e. The Balaban J connectivity index is 1.89. The summed E-state index contributed by atoms with van der Waals surface area (Å²) in [5.74, 6) is 1.31. The van der Waals surface area contributed by atoms with Gasteiger partial charge in [-0.15, -0.1) is 10.2 Å². The van der Waals surface area contributed by atoms with Gasteiger partial charge in [-0.3, -0.25) is 0 Å². The molecule has 1 aromatic heterocycles. The van der Waals surface area contributed by atoms with E-state index in [1.165, 1.54) is 24.1 Å². The molecule has 0 bridgehead atoms. The second-order valence-electron chi connectivity index (χ2n) is 4.87. The van der Waals surface area contributed by atoms with Crippen LogP contribution < -0.4 is 4.90 Å². The Labute approximate surface area is 121 Å². The zero-order valence-electron chi connectivity index (χ0n) is 10.9. The minimum absolute atomic E-state index is 0.626. The third-order valence-corrected chi connectivity index (χ3v) is 3.89. The van der Waals surface area contributed by atoms with Crippen LogP contribution in [0.2, 0.25) is 0 Å². The van der Waals surface area contributed by atoms with Crippen LogP contribution >= 0.6 is 15.9 Å². The third kappa shape index (κ3) is 2.81. The van der Waals surface area contributed by atoms with Gasteiger partial charge in [0.25, 0.3) is 0 Å². The van der Waals surface area contributed by atoms with Crippen molar-refractivity contribution in [3.63, 3.8) is 0 Å². The number of benzene rings is 1. The fourth-order valence-electron chi connectivity index (χ4n) is 2.53. The number of rotatable bonds is 2. The Kier molecular flexibility index (Phi) is 3.55. The van der Waals surface area contributed by atoms with E-state index >= 15 is 0 Å². The van der Waals surface area contributed by atoms with Gasteiger partial charge in [0.1, 0.15) is 0 Å². The van der Waals surface area contributed by atoms with Gasteiger partial charge in [0, 0.05) is 23.6 Å². The Morgan fingerprint density at radius 3 is 3.00 bits per heavy atom. The molecular weight excluding hydrogens is 306 g/mol. The molecule has 1 aliphatic heterocycles. The van der Waals surface area contributed by atoms with Crippen molar-refractivity contribution >= 4 is 21.6 Å². The van der Waals surface area contributed by atoms with Gasteiger partial charge < -0.3 is 9.32 Å². The molecule has 19 heavy (non-hydrogen) atoms. The normalized spacial score (nSPS) is 15.2. The molecule has 0 aliphatic carbocycles. The molecule has 4 nitrogen and oxygen atoms in total. The van der Waals surface area contributed by atoms with Gasteiger partial charge in [0.05, 0.1) is 6.54 Å². The van der Waals surface area contributed by atoms with Crippen LogP contribution in [0.3, 0.4) is 0 Å². The molecule has 0 fully saturated rings. The number of aromatic nitrogens is 2. The predicted molar refractivity (Wildman–Crippen MR) is 77.2 cm³/mol. The van der Waals surface area contributed by atoms with Crippen LogP contribution in [0.15, 0.2) is 27.1 Å². The van der Waals surface area contributed by atoms with Crippen LogP contribution in [0.1, 0.15) is 30.2 Å². The fourth-order valence-corrected chi connectivity index (χ4v) is 2.94. The number of hydrogen-bond acceptors (Lipinski definition) is 4. The van der Waals surface area contributed by atoms with Gasteiger partial charge in [-0.25, -0.2) is 0 Å². The third-order valence-electron chi connectivity index (χ3n) is 3.40. The van der Waals surface area contributed by atoms with Crippen LogP contribution in [0, 0.1) is 6.92 Å². The van der Waals surface area contributed by atoms with E-state index < -0.39 is 0 Å². The topological polar surface area (TPSA) is 42.2 Å². The van der Waals surface area contributed by atoms with Crippen molar-refractivity contribution in [2.24, 2.45) is 0 Å². The maximum Gasteiger partial charge on any atom is 0.235 e. The number of halogens is 1. The number of anilines is 1. The highest BCUT2D eigenvalue weighted by Crippen LogP contribution is 2.30. The predicted octanol–water partition coefficient (Wildman–Crippen LogP) is 3.48. The maximum atomic E-state index is 5.49. The highest BCUT2D eigenvalue weighted by molar-refractivity contribution is 9.10. The zero-order chi connectivity index (χ0) is 13.2. The summed E-state index contributed by atoms with van der Waals surface area (Å²) in [5.41, 5.74) is 2.68. The van der Waals surface area contributed by atoms with Crippen molar-refractivity contribution in [3.8, 4) is 0 Å². The summed E-state index contributed by atoms with van der Waals surface area (Å²) in [4.78, 5) is 2.34. The summed E-state index contributed by atoms with van der Waals surface area (Å²) >= 11 is 3.55. The fraction of sp³-hybridized carbons (Fsp3) is 0.429. The molecule has 5 heteroatoms. The maximum absolute atomic E-state index is 5.49. The second kappa shape index (κ2) is 5.33. The van der Waals surface area contributed by atoms with Crippen molar-refractivity contribution in [1.29, 1.82) is 0 Å². The molecule has 100 valence electrons. The van der Waals surface area contributed by atoms with Crippen molar-refractivity contribution in [3.05, 3.63) is 40.0 Å². The van der Waals surface area contributed by atoms with E-state index in [1.807, 2.05) is 6.92 Å². The lowest BCUT2D eigenvalue weighted by molar-refractivity contribution is 0.461. The standard InChI is InChI=1S/C14H16BrN3O/c1-10-16-17-14(19-10)9-18-7-3-2-4-11-8-12(15)5-6-13(11)18/h5-6,8H,2-4,7,9H2,1H3. The molecule has 1 aromatic carbocycles. The van der Waals surface area contributed by atoms with Crippen molar-refractivity contribution in [1.82, 2.24) is 10.2 Å². The Morgan fingerprint density at radius 1 is 1.32 bits per heavy atom. The molecule has 0 spiro atoms. The molecule has 2 aromatic rings. The average Bonchev–Trinajstić information content (AvgIpc) is 2.68. The molecule has 0 N–H and O–H groups in total. The van der Waals surface area contributed by atoms with E-state index in [1.54, 1.807) is 0 Å². The summed E-state index contributed by atoms with van der Waals surface area (Å²) in [5, 5.41) is 7.99. The van der Waals surface area contributed by atoms with Gasteiger partial charge in [0.2, 0.25) is 11.8 Å². The molecule has 0 unspecified atom stereocenters. The first-order valence-electron chi connectivity index (χ1n) is 6.55. The molecule has 0 saturated heterocycles. The van der Waals surface area contributed by atoms with E-state index in [-0.39, 0.29) is 0 Å². The summed E-state index contributed by atoms with van der Waals surface area (Å²) in [6.07, 6.45) is 3.55. The molecule has 0 saturated carbocycles. The highest BCUT2D eigenvalue weighted by Gasteiger charge is 2.17. The number of fused-ring (bicyclic) bond motifs is 1. The van der Waals surface area contributed by atoms with E-state index in [2.05, 4.69) is 49.2 Å². The van der Waals surface area contributed by atoms with Crippen molar-refractivity contribution < 1.29 is 4.42 Å². The van der Waals surface area contributed by atoms with Gasteiger partial charge in [0.15, 0.2) is 0 Å². The monoisotopic (exact) mass is 321 g/mol. The van der Waals surface area contributed by atoms with E-state index in [4.69, 9.17) is 4.42 Å². The Bertz CT molecular complexity index is 582. The van der Waals surface area contributed by atoms with Crippen molar-refractivity contribution in [2.75, 3.05) is 11.4 Å². The summed E-state index contributed by atoms with van der Waals surface area (Å²) in [6, 6.07) is 6.48. The largest absolute Gasteiger partial charge is 0.424 e. The van der Waals surface area contributed by atoms with E-state index in [9.17, 15) is 0 Å². The lowest BCUT2D eigenvalue weighted by Gasteiger charge is -2.23. The molecular formula is C14H16BrN3O. The molecule has 2 heterocycles. The van der Waals surface area contributed by atoms with Crippen LogP contribution in [0.5, 0.6) is 0 Å². The van der Waals surface area contributed by atoms with Crippen molar-refractivity contribution in [2.45, 2.75) is 32.7 Å². The molecule has 1 aliphatic rings. The van der Waals surface area contributed by atoms with Crippen LogP contribution in [-0.2, 0) is 13.0 Å². The second-order valence-corrected chi connectivity index (χ2v) is 5.78. The Hall–Kier alpha value is -1.36. The van der Waals surface area contributed by atoms with Crippen LogP contribution in [-0.4, -0.2) is 16.7 Å². The molecule has 3 rings (SSSR count). The van der Waals surface area contributed by atoms with E-state index in [0.29, 0.717) is 18.3 Å².